The summed E-state index contributed by atoms with van der Waals surface area (Å²) in [6, 6.07) is 0. The second kappa shape index (κ2) is 4.59. The van der Waals surface area contributed by atoms with Gasteiger partial charge < -0.3 is 0 Å². The number of nitrogens with zero attached hydrogens (tertiary/aromatic N) is 2. The highest BCUT2D eigenvalue weighted by atomic mass is 16.1. The maximum absolute atomic E-state index is 11.3. The zero-order chi connectivity index (χ0) is 8.81. The number of hydrogen-bond acceptors (Lipinski definition) is 3. The van der Waals surface area contributed by atoms with Gasteiger partial charge in [0.15, 0.2) is 5.78 Å². The Morgan fingerprint density at radius 2 is 2.33 bits per heavy atom. The van der Waals surface area contributed by atoms with E-state index in [0.29, 0.717) is 12.1 Å². The van der Waals surface area contributed by atoms with Gasteiger partial charge in [0.2, 0.25) is 0 Å². The molecule has 0 aliphatic heterocycles. The Labute approximate surface area is 71.9 Å². The molecule has 64 valence electrons. The van der Waals surface area contributed by atoms with Crippen molar-refractivity contribution < 1.29 is 4.79 Å². The fourth-order valence-electron chi connectivity index (χ4n) is 0.908. The summed E-state index contributed by atoms with van der Waals surface area (Å²) in [5, 5.41) is 0. The van der Waals surface area contributed by atoms with Crippen LogP contribution in [0.5, 0.6) is 0 Å². The first kappa shape index (κ1) is 8.84. The van der Waals surface area contributed by atoms with Crippen molar-refractivity contribution in [1.29, 1.82) is 0 Å². The smallest absolute Gasteiger partial charge is 0.182 e. The molecule has 0 saturated heterocycles. The highest BCUT2D eigenvalue weighted by Gasteiger charge is 2.04. The van der Waals surface area contributed by atoms with Crippen LogP contribution in [0, 0.1) is 0 Å². The molecule has 3 nitrogen and oxygen atoms in total. The Kier molecular flexibility index (Phi) is 3.38. The van der Waals surface area contributed by atoms with Gasteiger partial charge in [0.25, 0.3) is 0 Å². The fourth-order valence-corrected chi connectivity index (χ4v) is 0.908. The van der Waals surface area contributed by atoms with Crippen molar-refractivity contribution in [2.24, 2.45) is 0 Å². The molecule has 12 heavy (non-hydrogen) atoms. The van der Waals surface area contributed by atoms with E-state index in [1.54, 1.807) is 12.4 Å². The first-order chi connectivity index (χ1) is 5.84. The molecule has 0 aliphatic carbocycles. The molecule has 0 fully saturated rings. The molecule has 0 aliphatic rings. The van der Waals surface area contributed by atoms with Gasteiger partial charge in [-0.05, 0) is 6.42 Å². The highest BCUT2D eigenvalue weighted by Crippen LogP contribution is 2.01. The lowest BCUT2D eigenvalue weighted by atomic mass is 10.1. The zero-order valence-electron chi connectivity index (χ0n) is 7.16. The molecule has 0 radical (unpaired) electrons. The Morgan fingerprint density at radius 3 is 2.92 bits per heavy atom. The molecule has 1 aromatic heterocycles. The minimum atomic E-state index is 0.0879. The van der Waals surface area contributed by atoms with E-state index in [2.05, 4.69) is 16.9 Å². The standard InChI is InChI=1S/C9H12N2O/c1-2-3-4-9(12)8-7-10-5-6-11-8/h5-7H,2-4H2,1H3. The molecule has 3 heteroatoms. The second-order valence-electron chi connectivity index (χ2n) is 2.62. The monoisotopic (exact) mass is 164 g/mol. The Balaban J connectivity index is 2.54. The number of rotatable bonds is 4. The van der Waals surface area contributed by atoms with Gasteiger partial charge in [0.05, 0.1) is 6.20 Å². The Bertz CT molecular complexity index is 246. The van der Waals surface area contributed by atoms with E-state index in [9.17, 15) is 4.79 Å². The van der Waals surface area contributed by atoms with Crippen LogP contribution in [0.3, 0.4) is 0 Å². The number of unbranched alkanes of at least 4 members (excludes halogenated alkanes) is 1. The van der Waals surface area contributed by atoms with Crippen LogP contribution in [0.15, 0.2) is 18.6 Å². The number of hydrogen-bond donors (Lipinski definition) is 0. The number of carbonyl (C=O) groups is 1. The first-order valence-electron chi connectivity index (χ1n) is 4.13. The Hall–Kier alpha value is -1.25. The minimum Gasteiger partial charge on any atom is -0.292 e. The van der Waals surface area contributed by atoms with Crippen molar-refractivity contribution in [1.82, 2.24) is 9.97 Å². The first-order valence-corrected chi connectivity index (χ1v) is 4.13. The summed E-state index contributed by atoms with van der Waals surface area (Å²) >= 11 is 0. The van der Waals surface area contributed by atoms with Gasteiger partial charge in [-0.3, -0.25) is 9.78 Å². The van der Waals surface area contributed by atoms with Crippen LogP contribution >= 0.6 is 0 Å². The normalized spacial score (nSPS) is 9.75. The number of aromatic nitrogens is 2. The zero-order valence-corrected chi connectivity index (χ0v) is 7.16. The molecular formula is C9H12N2O. The second-order valence-corrected chi connectivity index (χ2v) is 2.62. The van der Waals surface area contributed by atoms with E-state index < -0.39 is 0 Å². The predicted octanol–water partition coefficient (Wildman–Crippen LogP) is 1.85. The quantitative estimate of drug-likeness (QED) is 0.638. The van der Waals surface area contributed by atoms with Crippen LogP contribution < -0.4 is 0 Å². The van der Waals surface area contributed by atoms with Gasteiger partial charge in [-0.1, -0.05) is 13.3 Å². The van der Waals surface area contributed by atoms with Gasteiger partial charge in [-0.15, -0.1) is 0 Å². The number of ketones is 1. The van der Waals surface area contributed by atoms with Crippen molar-refractivity contribution in [3.05, 3.63) is 24.3 Å². The lowest BCUT2D eigenvalue weighted by Crippen LogP contribution is -2.01. The number of Topliss-reactive ketones (excluding diaryl/α,β-unsaturated/α-hetero) is 1. The van der Waals surface area contributed by atoms with Crippen LogP contribution in [0.1, 0.15) is 36.7 Å². The summed E-state index contributed by atoms with van der Waals surface area (Å²) in [4.78, 5) is 19.1. The molecule has 0 spiro atoms. The minimum absolute atomic E-state index is 0.0879. The molecular weight excluding hydrogens is 152 g/mol. The van der Waals surface area contributed by atoms with E-state index in [1.807, 2.05) is 0 Å². The average molecular weight is 164 g/mol. The van der Waals surface area contributed by atoms with Crippen LogP contribution in [-0.4, -0.2) is 15.8 Å². The summed E-state index contributed by atoms with van der Waals surface area (Å²) in [6.45, 7) is 2.06. The molecule has 0 unspecified atom stereocenters. The number of carbonyl (C=O) groups excluding carboxylic acids is 1. The van der Waals surface area contributed by atoms with E-state index in [4.69, 9.17) is 0 Å². The van der Waals surface area contributed by atoms with E-state index in [0.717, 1.165) is 12.8 Å². The van der Waals surface area contributed by atoms with Gasteiger partial charge in [0, 0.05) is 18.8 Å². The van der Waals surface area contributed by atoms with Crippen molar-refractivity contribution >= 4 is 5.78 Å². The van der Waals surface area contributed by atoms with Gasteiger partial charge in [-0.25, -0.2) is 4.98 Å². The molecule has 0 amide bonds. The summed E-state index contributed by atoms with van der Waals surface area (Å²) in [5.74, 6) is 0.0879. The molecule has 1 rings (SSSR count). The van der Waals surface area contributed by atoms with Gasteiger partial charge in [0.1, 0.15) is 5.69 Å². The highest BCUT2D eigenvalue weighted by molar-refractivity contribution is 5.93. The molecule has 0 bridgehead atoms. The van der Waals surface area contributed by atoms with Crippen LogP contribution in [0.25, 0.3) is 0 Å². The third-order valence-electron chi connectivity index (χ3n) is 1.61. The largest absolute Gasteiger partial charge is 0.292 e. The van der Waals surface area contributed by atoms with Crippen molar-refractivity contribution in [2.45, 2.75) is 26.2 Å². The van der Waals surface area contributed by atoms with Crippen molar-refractivity contribution in [3.8, 4) is 0 Å². The van der Waals surface area contributed by atoms with Crippen LogP contribution in [0.2, 0.25) is 0 Å². The van der Waals surface area contributed by atoms with Crippen molar-refractivity contribution in [2.75, 3.05) is 0 Å². The third-order valence-corrected chi connectivity index (χ3v) is 1.61. The Morgan fingerprint density at radius 1 is 1.50 bits per heavy atom. The average Bonchev–Trinajstić information content (AvgIpc) is 2.15. The van der Waals surface area contributed by atoms with Crippen LogP contribution in [0.4, 0.5) is 0 Å². The van der Waals surface area contributed by atoms with Gasteiger partial charge >= 0.3 is 0 Å². The molecule has 0 atom stereocenters. The topological polar surface area (TPSA) is 42.9 Å². The summed E-state index contributed by atoms with van der Waals surface area (Å²) in [7, 11) is 0. The summed E-state index contributed by atoms with van der Waals surface area (Å²) in [6.07, 6.45) is 7.16. The maximum atomic E-state index is 11.3. The van der Waals surface area contributed by atoms with Crippen molar-refractivity contribution in [3.63, 3.8) is 0 Å². The molecule has 1 aromatic rings. The maximum Gasteiger partial charge on any atom is 0.182 e. The lowest BCUT2D eigenvalue weighted by molar-refractivity contribution is 0.0974. The predicted molar refractivity (Wildman–Crippen MR) is 45.9 cm³/mol. The molecule has 1 heterocycles. The summed E-state index contributed by atoms with van der Waals surface area (Å²) in [5.41, 5.74) is 0.478. The molecule has 0 N–H and O–H groups in total. The van der Waals surface area contributed by atoms with E-state index >= 15 is 0 Å². The van der Waals surface area contributed by atoms with Gasteiger partial charge in [-0.2, -0.15) is 0 Å². The fraction of sp³-hybridized carbons (Fsp3) is 0.444. The van der Waals surface area contributed by atoms with E-state index in [-0.39, 0.29) is 5.78 Å². The third kappa shape index (κ3) is 2.42. The summed E-state index contributed by atoms with van der Waals surface area (Å²) < 4.78 is 0. The van der Waals surface area contributed by atoms with Crippen LogP contribution in [-0.2, 0) is 0 Å². The SMILES string of the molecule is CCCCC(=O)c1cnccn1. The molecule has 0 saturated carbocycles. The molecule has 0 aromatic carbocycles. The van der Waals surface area contributed by atoms with E-state index in [1.165, 1.54) is 6.20 Å². The lowest BCUT2D eigenvalue weighted by Gasteiger charge is -1.96.